The lowest BCUT2D eigenvalue weighted by molar-refractivity contribution is -0.133. The summed E-state index contributed by atoms with van der Waals surface area (Å²) in [5.74, 6) is -0.418. The van der Waals surface area contributed by atoms with Gasteiger partial charge in [0.2, 0.25) is 0 Å². The molecular weight excluding hydrogens is 344 g/mol. The van der Waals surface area contributed by atoms with Gasteiger partial charge >= 0.3 is 11.9 Å². The lowest BCUT2D eigenvalue weighted by atomic mass is 9.79. The molecule has 27 heavy (non-hydrogen) atoms. The Hall–Kier alpha value is -3.21. The Bertz CT molecular complexity index is 1030. The number of carbonyl (C=O) groups is 3. The van der Waals surface area contributed by atoms with Gasteiger partial charge in [-0.25, -0.2) is 0 Å². The number of allylic oxidation sites excluding steroid dienone is 2. The molecule has 0 amide bonds. The molecule has 0 aliphatic heterocycles. The Labute approximate surface area is 156 Å². The Morgan fingerprint density at radius 2 is 1.44 bits per heavy atom. The molecule has 0 fully saturated rings. The standard InChI is InChI=1S/C22H18O5/c1-12(23)26-21-16-9-5-6-10-17(16)22(27-13(2)24)19-18(21)11-14-7-3-4-8-15(14)20(19)25/h3-8H,9-11H2,1-2H3. The molecule has 2 aliphatic rings. The molecular formula is C22H18O5. The van der Waals surface area contributed by atoms with Crippen LogP contribution in [0.15, 0.2) is 36.4 Å². The van der Waals surface area contributed by atoms with Crippen molar-refractivity contribution < 1.29 is 23.9 Å². The van der Waals surface area contributed by atoms with Crippen LogP contribution in [0, 0.1) is 0 Å². The van der Waals surface area contributed by atoms with Crippen molar-refractivity contribution in [2.24, 2.45) is 0 Å². The number of ketones is 1. The summed E-state index contributed by atoms with van der Waals surface area (Å²) in [7, 11) is 0. The topological polar surface area (TPSA) is 69.7 Å². The summed E-state index contributed by atoms with van der Waals surface area (Å²) in [6.45, 7) is 2.66. The third kappa shape index (κ3) is 2.85. The van der Waals surface area contributed by atoms with Crippen molar-refractivity contribution in [3.05, 3.63) is 69.8 Å². The van der Waals surface area contributed by atoms with Crippen LogP contribution in [-0.4, -0.2) is 17.7 Å². The Morgan fingerprint density at radius 1 is 0.852 bits per heavy atom. The molecule has 0 N–H and O–H groups in total. The summed E-state index contributed by atoms with van der Waals surface area (Å²) in [6.07, 6.45) is 5.44. The molecule has 0 saturated heterocycles. The first-order valence-electron chi connectivity index (χ1n) is 8.82. The van der Waals surface area contributed by atoms with E-state index in [1.165, 1.54) is 13.8 Å². The highest BCUT2D eigenvalue weighted by Crippen LogP contribution is 2.45. The van der Waals surface area contributed by atoms with Crippen LogP contribution in [0.5, 0.6) is 11.5 Å². The van der Waals surface area contributed by atoms with Gasteiger partial charge in [-0.15, -0.1) is 0 Å². The Kier molecular flexibility index (Phi) is 4.15. The van der Waals surface area contributed by atoms with E-state index in [2.05, 4.69) is 0 Å². The van der Waals surface area contributed by atoms with E-state index in [9.17, 15) is 14.4 Å². The number of hydrogen-bond donors (Lipinski definition) is 0. The summed E-state index contributed by atoms with van der Waals surface area (Å²) >= 11 is 0. The number of carbonyl (C=O) groups excluding carboxylic acids is 3. The number of ether oxygens (including phenoxy) is 2. The predicted molar refractivity (Wildman–Crippen MR) is 98.3 cm³/mol. The minimum atomic E-state index is -0.485. The molecule has 0 bridgehead atoms. The molecule has 0 unspecified atom stereocenters. The van der Waals surface area contributed by atoms with Gasteiger partial charge in [0.05, 0.1) is 5.56 Å². The zero-order valence-corrected chi connectivity index (χ0v) is 15.1. The Morgan fingerprint density at radius 3 is 2.11 bits per heavy atom. The van der Waals surface area contributed by atoms with E-state index in [0.29, 0.717) is 47.5 Å². The van der Waals surface area contributed by atoms with E-state index in [1.54, 1.807) is 12.1 Å². The van der Waals surface area contributed by atoms with Crippen LogP contribution in [0.2, 0.25) is 0 Å². The van der Waals surface area contributed by atoms with Gasteiger partial charge < -0.3 is 9.47 Å². The van der Waals surface area contributed by atoms with Crippen LogP contribution in [0.25, 0.3) is 0 Å². The van der Waals surface area contributed by atoms with Crippen LogP contribution >= 0.6 is 0 Å². The maximum absolute atomic E-state index is 13.3. The summed E-state index contributed by atoms with van der Waals surface area (Å²) in [5.41, 5.74) is 3.92. The van der Waals surface area contributed by atoms with Gasteiger partial charge in [0, 0.05) is 42.5 Å². The van der Waals surface area contributed by atoms with E-state index in [4.69, 9.17) is 9.47 Å². The van der Waals surface area contributed by atoms with Gasteiger partial charge in [0.25, 0.3) is 0 Å². The molecule has 0 heterocycles. The highest BCUT2D eigenvalue weighted by Gasteiger charge is 2.35. The van der Waals surface area contributed by atoms with E-state index in [1.807, 2.05) is 24.3 Å². The molecule has 0 spiro atoms. The first-order chi connectivity index (χ1) is 13.0. The number of rotatable bonds is 2. The minimum absolute atomic E-state index is 0.214. The van der Waals surface area contributed by atoms with E-state index in [0.717, 1.165) is 16.7 Å². The number of benzene rings is 2. The van der Waals surface area contributed by atoms with E-state index < -0.39 is 11.9 Å². The zero-order chi connectivity index (χ0) is 19.1. The molecule has 0 aromatic heterocycles. The number of esters is 2. The average molecular weight is 362 g/mol. The number of fused-ring (bicyclic) bond motifs is 3. The summed E-state index contributed by atoms with van der Waals surface area (Å²) in [4.78, 5) is 36.8. The predicted octanol–water partition coefficient (Wildman–Crippen LogP) is 3.33. The van der Waals surface area contributed by atoms with Gasteiger partial charge in [-0.3, -0.25) is 14.4 Å². The molecule has 5 nitrogen and oxygen atoms in total. The molecule has 2 aliphatic carbocycles. The van der Waals surface area contributed by atoms with Crippen LogP contribution in [0.1, 0.15) is 52.0 Å². The third-order valence-corrected chi connectivity index (χ3v) is 4.87. The van der Waals surface area contributed by atoms with Gasteiger partial charge in [0.1, 0.15) is 11.5 Å². The molecule has 0 radical (unpaired) electrons. The molecule has 2 aromatic carbocycles. The van der Waals surface area contributed by atoms with Crippen molar-refractivity contribution in [1.82, 2.24) is 0 Å². The van der Waals surface area contributed by atoms with Gasteiger partial charge in [0.15, 0.2) is 5.78 Å². The van der Waals surface area contributed by atoms with Crippen molar-refractivity contribution in [2.75, 3.05) is 0 Å². The van der Waals surface area contributed by atoms with Crippen molar-refractivity contribution in [1.29, 1.82) is 0 Å². The smallest absolute Gasteiger partial charge is 0.308 e. The van der Waals surface area contributed by atoms with Gasteiger partial charge in [-0.05, 0) is 18.4 Å². The van der Waals surface area contributed by atoms with E-state index in [-0.39, 0.29) is 5.78 Å². The maximum atomic E-state index is 13.3. The first-order valence-corrected chi connectivity index (χ1v) is 8.82. The molecule has 0 saturated carbocycles. The second-order valence-electron chi connectivity index (χ2n) is 6.70. The summed E-state index contributed by atoms with van der Waals surface area (Å²) in [6, 6.07) is 7.33. The number of hydrogen-bond acceptors (Lipinski definition) is 5. The largest absolute Gasteiger partial charge is 0.426 e. The van der Waals surface area contributed by atoms with Gasteiger partial charge in [-0.1, -0.05) is 36.4 Å². The monoisotopic (exact) mass is 362 g/mol. The summed E-state index contributed by atoms with van der Waals surface area (Å²) in [5, 5.41) is 0. The SMILES string of the molecule is CC(=O)Oc1c2c(c(OC(C)=O)c3c1Cc1ccccc1C3=O)CC=CC2. The first kappa shape index (κ1) is 17.2. The maximum Gasteiger partial charge on any atom is 0.308 e. The highest BCUT2D eigenvalue weighted by atomic mass is 16.5. The second kappa shape index (κ2) is 6.50. The molecule has 136 valence electrons. The molecule has 2 aromatic rings. The van der Waals surface area contributed by atoms with Crippen LogP contribution in [0.4, 0.5) is 0 Å². The van der Waals surface area contributed by atoms with Crippen LogP contribution in [-0.2, 0) is 28.9 Å². The molecule has 4 rings (SSSR count). The second-order valence-corrected chi connectivity index (χ2v) is 6.70. The van der Waals surface area contributed by atoms with Crippen molar-refractivity contribution >= 4 is 17.7 Å². The quantitative estimate of drug-likeness (QED) is 0.397. The fraction of sp³-hybridized carbons (Fsp3) is 0.227. The van der Waals surface area contributed by atoms with Crippen molar-refractivity contribution in [3.63, 3.8) is 0 Å². The molecule has 5 heteroatoms. The van der Waals surface area contributed by atoms with Crippen LogP contribution in [0.3, 0.4) is 0 Å². The van der Waals surface area contributed by atoms with Gasteiger partial charge in [-0.2, -0.15) is 0 Å². The van der Waals surface area contributed by atoms with Crippen molar-refractivity contribution in [3.8, 4) is 11.5 Å². The third-order valence-electron chi connectivity index (χ3n) is 4.87. The normalized spacial score (nSPS) is 14.1. The fourth-order valence-electron chi connectivity index (χ4n) is 3.85. The summed E-state index contributed by atoms with van der Waals surface area (Å²) < 4.78 is 11.1. The minimum Gasteiger partial charge on any atom is -0.426 e. The lowest BCUT2D eigenvalue weighted by Gasteiger charge is -2.28. The fourth-order valence-corrected chi connectivity index (χ4v) is 3.85. The molecule has 0 atom stereocenters. The van der Waals surface area contributed by atoms with E-state index >= 15 is 0 Å². The zero-order valence-electron chi connectivity index (χ0n) is 15.1. The average Bonchev–Trinajstić information content (AvgIpc) is 2.64. The van der Waals surface area contributed by atoms with Crippen molar-refractivity contribution in [2.45, 2.75) is 33.1 Å². The van der Waals surface area contributed by atoms with Crippen LogP contribution < -0.4 is 9.47 Å². The Balaban J connectivity index is 2.05. The highest BCUT2D eigenvalue weighted by molar-refractivity contribution is 6.15. The lowest BCUT2D eigenvalue weighted by Crippen LogP contribution is -2.22.